The van der Waals surface area contributed by atoms with E-state index >= 15 is 0 Å². The molecule has 1 aliphatic rings. The maximum absolute atomic E-state index is 4.43. The topological polar surface area (TPSA) is 42.7 Å². The van der Waals surface area contributed by atoms with Crippen LogP contribution in [0.3, 0.4) is 0 Å². The molecule has 0 unspecified atom stereocenters. The van der Waals surface area contributed by atoms with Crippen LogP contribution >= 0.6 is 0 Å². The fourth-order valence-electron chi connectivity index (χ4n) is 3.54. The van der Waals surface area contributed by atoms with Crippen molar-refractivity contribution >= 4 is 10.8 Å². The minimum atomic E-state index is 0.250. The Hall–Kier alpha value is -2.20. The van der Waals surface area contributed by atoms with Crippen molar-refractivity contribution in [1.29, 1.82) is 0 Å². The van der Waals surface area contributed by atoms with Gasteiger partial charge in [-0.25, -0.2) is 9.67 Å². The average molecular weight is 292 g/mol. The summed E-state index contributed by atoms with van der Waals surface area (Å²) in [6, 6.07) is 15.5. The number of rotatable bonds is 3. The predicted octanol–water partition coefficient (Wildman–Crippen LogP) is 3.02. The van der Waals surface area contributed by atoms with E-state index in [0.717, 1.165) is 13.1 Å². The van der Waals surface area contributed by atoms with Gasteiger partial charge in [-0.15, -0.1) is 0 Å². The largest absolute Gasteiger partial charge is 0.316 e. The lowest BCUT2D eigenvalue weighted by molar-refractivity contribution is 0.281. The molecule has 2 aromatic carbocycles. The van der Waals surface area contributed by atoms with Gasteiger partial charge in [0, 0.05) is 6.54 Å². The van der Waals surface area contributed by atoms with Crippen molar-refractivity contribution in [3.63, 3.8) is 0 Å². The molecule has 0 bridgehead atoms. The van der Waals surface area contributed by atoms with E-state index in [0.29, 0.717) is 5.92 Å². The number of aromatic nitrogens is 3. The molecule has 3 aromatic rings. The number of hydrogen-bond acceptors (Lipinski definition) is 3. The Bertz CT molecular complexity index is 745. The number of benzene rings is 2. The summed E-state index contributed by atoms with van der Waals surface area (Å²) in [5.74, 6) is 0.552. The zero-order valence-electron chi connectivity index (χ0n) is 12.5. The molecule has 4 rings (SSSR count). The fourth-order valence-corrected chi connectivity index (χ4v) is 3.54. The van der Waals surface area contributed by atoms with Crippen LogP contribution in [0, 0.1) is 5.92 Å². The SMILES string of the molecule is c1ccc2cc([C@@H]([C@H]3CCCNC3)n3cncn3)ccc2c1. The molecule has 4 heteroatoms. The normalized spacial score (nSPS) is 20.1. The van der Waals surface area contributed by atoms with Gasteiger partial charge in [-0.05, 0) is 47.7 Å². The molecule has 112 valence electrons. The maximum atomic E-state index is 4.43. The molecular formula is C18H20N4. The monoisotopic (exact) mass is 292 g/mol. The molecule has 1 fully saturated rings. The average Bonchev–Trinajstić information content (AvgIpc) is 3.10. The van der Waals surface area contributed by atoms with Crippen molar-refractivity contribution in [3.8, 4) is 0 Å². The number of hydrogen-bond donors (Lipinski definition) is 1. The van der Waals surface area contributed by atoms with Gasteiger partial charge in [-0.1, -0.05) is 36.4 Å². The second-order valence-corrected chi connectivity index (χ2v) is 6.03. The van der Waals surface area contributed by atoms with Crippen LogP contribution in [0.1, 0.15) is 24.4 Å². The molecule has 0 aliphatic carbocycles. The Morgan fingerprint density at radius 3 is 2.82 bits per heavy atom. The van der Waals surface area contributed by atoms with Gasteiger partial charge in [0.15, 0.2) is 0 Å². The van der Waals surface area contributed by atoms with Crippen LogP contribution in [0.5, 0.6) is 0 Å². The van der Waals surface area contributed by atoms with E-state index < -0.39 is 0 Å². The highest BCUT2D eigenvalue weighted by molar-refractivity contribution is 5.83. The summed E-state index contributed by atoms with van der Waals surface area (Å²) in [4.78, 5) is 4.16. The molecule has 0 spiro atoms. The third-order valence-electron chi connectivity index (χ3n) is 4.62. The number of piperidine rings is 1. The molecular weight excluding hydrogens is 272 g/mol. The van der Waals surface area contributed by atoms with Crippen molar-refractivity contribution in [1.82, 2.24) is 20.1 Å². The van der Waals surface area contributed by atoms with E-state index in [9.17, 15) is 0 Å². The zero-order chi connectivity index (χ0) is 14.8. The standard InChI is InChI=1S/C18H20N4/c1-2-5-15-10-16(8-7-14(15)4-1)18(22-13-20-12-21-22)17-6-3-9-19-11-17/h1-2,4-5,7-8,10,12-13,17-19H,3,6,9,11H2/t17-,18-/m0/s1. The van der Waals surface area contributed by atoms with Crippen LogP contribution in [0.2, 0.25) is 0 Å². The van der Waals surface area contributed by atoms with Crippen LogP contribution < -0.4 is 5.32 Å². The molecule has 2 atom stereocenters. The van der Waals surface area contributed by atoms with Crippen molar-refractivity contribution in [3.05, 3.63) is 60.7 Å². The summed E-state index contributed by atoms with van der Waals surface area (Å²) >= 11 is 0. The molecule has 0 radical (unpaired) electrons. The lowest BCUT2D eigenvalue weighted by Crippen LogP contribution is -2.35. The first-order valence-corrected chi connectivity index (χ1v) is 7.95. The summed E-state index contributed by atoms with van der Waals surface area (Å²) in [6.45, 7) is 2.16. The van der Waals surface area contributed by atoms with Crippen molar-refractivity contribution in [2.75, 3.05) is 13.1 Å². The maximum Gasteiger partial charge on any atom is 0.137 e. The molecule has 22 heavy (non-hydrogen) atoms. The van der Waals surface area contributed by atoms with E-state index in [1.54, 1.807) is 6.33 Å². The summed E-state index contributed by atoms with van der Waals surface area (Å²) in [5, 5.41) is 10.5. The predicted molar refractivity (Wildman–Crippen MR) is 87.7 cm³/mol. The van der Waals surface area contributed by atoms with E-state index in [1.807, 2.05) is 11.0 Å². The van der Waals surface area contributed by atoms with Crippen LogP contribution in [-0.4, -0.2) is 27.9 Å². The second-order valence-electron chi connectivity index (χ2n) is 6.03. The van der Waals surface area contributed by atoms with Gasteiger partial charge in [-0.2, -0.15) is 5.10 Å². The molecule has 1 aromatic heterocycles. The van der Waals surface area contributed by atoms with Gasteiger partial charge in [0.1, 0.15) is 12.7 Å². The molecule has 1 aliphatic heterocycles. The molecule has 4 nitrogen and oxygen atoms in total. The van der Waals surface area contributed by atoms with Crippen molar-refractivity contribution in [2.24, 2.45) is 5.92 Å². The minimum absolute atomic E-state index is 0.250. The third-order valence-corrected chi connectivity index (χ3v) is 4.62. The van der Waals surface area contributed by atoms with Crippen molar-refractivity contribution < 1.29 is 0 Å². The first-order valence-electron chi connectivity index (χ1n) is 7.95. The second kappa shape index (κ2) is 5.89. The lowest BCUT2D eigenvalue weighted by Gasteiger charge is -2.31. The Morgan fingerprint density at radius 1 is 1.14 bits per heavy atom. The first-order chi connectivity index (χ1) is 10.9. The Kier molecular flexibility index (Phi) is 3.60. The van der Waals surface area contributed by atoms with Gasteiger partial charge in [0.05, 0.1) is 6.04 Å². The van der Waals surface area contributed by atoms with Gasteiger partial charge < -0.3 is 5.32 Å². The zero-order valence-corrected chi connectivity index (χ0v) is 12.5. The summed E-state index contributed by atoms with van der Waals surface area (Å²) in [7, 11) is 0. The quantitative estimate of drug-likeness (QED) is 0.807. The third kappa shape index (κ3) is 2.50. The summed E-state index contributed by atoms with van der Waals surface area (Å²) < 4.78 is 2.02. The number of nitrogens with zero attached hydrogens (tertiary/aromatic N) is 3. The molecule has 0 amide bonds. The van der Waals surface area contributed by atoms with E-state index in [4.69, 9.17) is 0 Å². The van der Waals surface area contributed by atoms with E-state index in [1.165, 1.54) is 29.2 Å². The van der Waals surface area contributed by atoms with Crippen LogP contribution in [0.25, 0.3) is 10.8 Å². The smallest absolute Gasteiger partial charge is 0.137 e. The summed E-state index contributed by atoms with van der Waals surface area (Å²) in [5.41, 5.74) is 1.32. The highest BCUT2D eigenvalue weighted by Gasteiger charge is 2.27. The highest BCUT2D eigenvalue weighted by Crippen LogP contribution is 2.32. The van der Waals surface area contributed by atoms with Gasteiger partial charge in [0.2, 0.25) is 0 Å². The van der Waals surface area contributed by atoms with Crippen LogP contribution in [-0.2, 0) is 0 Å². The first kappa shape index (κ1) is 13.5. The van der Waals surface area contributed by atoms with Gasteiger partial charge in [0.25, 0.3) is 0 Å². The van der Waals surface area contributed by atoms with E-state index in [2.05, 4.69) is 57.9 Å². The highest BCUT2D eigenvalue weighted by atomic mass is 15.3. The fraction of sp³-hybridized carbons (Fsp3) is 0.333. The van der Waals surface area contributed by atoms with Crippen LogP contribution in [0.4, 0.5) is 0 Å². The van der Waals surface area contributed by atoms with Crippen LogP contribution in [0.15, 0.2) is 55.1 Å². The lowest BCUT2D eigenvalue weighted by atomic mass is 9.86. The van der Waals surface area contributed by atoms with Crippen molar-refractivity contribution in [2.45, 2.75) is 18.9 Å². The Morgan fingerprint density at radius 2 is 2.05 bits per heavy atom. The van der Waals surface area contributed by atoms with E-state index in [-0.39, 0.29) is 6.04 Å². The minimum Gasteiger partial charge on any atom is -0.316 e. The molecule has 1 N–H and O–H groups in total. The molecule has 1 saturated heterocycles. The Labute approximate surface area is 130 Å². The number of fused-ring (bicyclic) bond motifs is 1. The summed E-state index contributed by atoms with van der Waals surface area (Å²) in [6.07, 6.45) is 5.92. The number of nitrogens with one attached hydrogen (secondary N) is 1. The van der Waals surface area contributed by atoms with Gasteiger partial charge >= 0.3 is 0 Å². The van der Waals surface area contributed by atoms with Gasteiger partial charge in [-0.3, -0.25) is 0 Å². The Balaban J connectivity index is 1.78. The molecule has 0 saturated carbocycles. The molecule has 2 heterocycles.